The van der Waals surface area contributed by atoms with E-state index >= 15 is 0 Å². The molecule has 1 atom stereocenters. The number of aliphatic carboxylic acids is 1. The first-order valence-electron chi connectivity index (χ1n) is 6.75. The van der Waals surface area contributed by atoms with Crippen molar-refractivity contribution in [1.82, 2.24) is 4.90 Å². The molecule has 0 spiro atoms. The molecule has 1 aromatic carbocycles. The molecule has 0 saturated carbocycles. The number of carbonyl (C=O) groups is 2. The number of carbonyl (C=O) groups excluding carboxylic acids is 1. The highest BCUT2D eigenvalue weighted by Gasteiger charge is 2.23. The number of hydrogen-bond acceptors (Lipinski definition) is 3. The Morgan fingerprint density at radius 2 is 2.05 bits per heavy atom. The summed E-state index contributed by atoms with van der Waals surface area (Å²) in [6.07, 6.45) is 0.699. The summed E-state index contributed by atoms with van der Waals surface area (Å²) in [6.45, 7) is 5.84. The molecule has 0 aliphatic carbocycles. The van der Waals surface area contributed by atoms with E-state index in [0.717, 1.165) is 0 Å². The second-order valence-corrected chi connectivity index (χ2v) is 4.54. The number of rotatable bonds is 7. The van der Waals surface area contributed by atoms with Crippen LogP contribution < -0.4 is 4.74 Å². The number of carboxylic acid groups (broad SMARTS) is 1. The lowest BCUT2D eigenvalue weighted by Gasteiger charge is -2.27. The Morgan fingerprint density at radius 1 is 1.35 bits per heavy atom. The van der Waals surface area contributed by atoms with Gasteiger partial charge in [0.25, 0.3) is 5.91 Å². The summed E-state index contributed by atoms with van der Waals surface area (Å²) in [5, 5.41) is 8.94. The number of ether oxygens (including phenoxy) is 1. The first-order valence-corrected chi connectivity index (χ1v) is 6.75. The summed E-state index contributed by atoms with van der Waals surface area (Å²) in [5.74, 6) is -0.694. The molecule has 1 rings (SSSR count). The Bertz CT molecular complexity index is 473. The van der Waals surface area contributed by atoms with E-state index in [1.165, 1.54) is 4.90 Å². The minimum Gasteiger partial charge on any atom is -0.494 e. The van der Waals surface area contributed by atoms with Crippen molar-refractivity contribution in [3.63, 3.8) is 0 Å². The zero-order valence-electron chi connectivity index (χ0n) is 12.1. The van der Waals surface area contributed by atoms with E-state index < -0.39 is 5.97 Å². The molecule has 5 heteroatoms. The van der Waals surface area contributed by atoms with E-state index in [0.29, 0.717) is 24.3 Å². The molecule has 0 fully saturated rings. The molecule has 20 heavy (non-hydrogen) atoms. The highest BCUT2D eigenvalue weighted by atomic mass is 16.5. The Hall–Kier alpha value is -2.04. The third kappa shape index (κ3) is 4.26. The summed E-state index contributed by atoms with van der Waals surface area (Å²) in [6, 6.07) is 6.68. The molecular formula is C15H21NO4. The van der Waals surface area contributed by atoms with Gasteiger partial charge in [0, 0.05) is 11.6 Å². The van der Waals surface area contributed by atoms with Crippen LogP contribution in [0.15, 0.2) is 24.3 Å². The Balaban J connectivity index is 2.98. The zero-order chi connectivity index (χ0) is 15.1. The molecule has 1 unspecified atom stereocenters. The van der Waals surface area contributed by atoms with Gasteiger partial charge in [-0.05, 0) is 38.5 Å². The third-order valence-electron chi connectivity index (χ3n) is 3.08. The monoisotopic (exact) mass is 279 g/mol. The number of nitrogens with zero attached hydrogens (tertiary/aromatic N) is 1. The second kappa shape index (κ2) is 7.53. The lowest BCUT2D eigenvalue weighted by atomic mass is 10.1. The summed E-state index contributed by atoms with van der Waals surface area (Å²) < 4.78 is 5.36. The molecule has 1 N–H and O–H groups in total. The van der Waals surface area contributed by atoms with E-state index in [4.69, 9.17) is 9.84 Å². The average Bonchev–Trinajstić information content (AvgIpc) is 2.43. The minimum absolute atomic E-state index is 0.130. The van der Waals surface area contributed by atoms with Crippen molar-refractivity contribution in [3.8, 4) is 5.75 Å². The van der Waals surface area contributed by atoms with Crippen molar-refractivity contribution in [2.45, 2.75) is 33.2 Å². The normalized spacial score (nSPS) is 11.8. The molecule has 0 radical (unpaired) electrons. The van der Waals surface area contributed by atoms with Gasteiger partial charge in [0.05, 0.1) is 6.61 Å². The highest BCUT2D eigenvalue weighted by Crippen LogP contribution is 2.17. The van der Waals surface area contributed by atoms with Crippen molar-refractivity contribution in [2.75, 3.05) is 13.2 Å². The van der Waals surface area contributed by atoms with E-state index in [1.807, 2.05) is 20.8 Å². The number of amides is 1. The summed E-state index contributed by atoms with van der Waals surface area (Å²) in [5.41, 5.74) is 0.442. The van der Waals surface area contributed by atoms with Gasteiger partial charge in [-0.1, -0.05) is 13.0 Å². The van der Waals surface area contributed by atoms with Crippen molar-refractivity contribution < 1.29 is 19.4 Å². The van der Waals surface area contributed by atoms with Crippen LogP contribution in [0.3, 0.4) is 0 Å². The standard InChI is InChI=1S/C15H21NO4/c1-4-11(3)16(10-14(17)18)15(19)12-7-6-8-13(9-12)20-5-2/h6-9,11H,4-5,10H2,1-3H3,(H,17,18). The van der Waals surface area contributed by atoms with Crippen LogP contribution in [0.25, 0.3) is 0 Å². The van der Waals surface area contributed by atoms with E-state index in [1.54, 1.807) is 24.3 Å². The smallest absolute Gasteiger partial charge is 0.323 e. The Labute approximate surface area is 119 Å². The summed E-state index contributed by atoms with van der Waals surface area (Å²) >= 11 is 0. The molecule has 5 nitrogen and oxygen atoms in total. The predicted octanol–water partition coefficient (Wildman–Crippen LogP) is 2.41. The molecular weight excluding hydrogens is 258 g/mol. The molecule has 0 heterocycles. The summed E-state index contributed by atoms with van der Waals surface area (Å²) in [4.78, 5) is 24.7. The second-order valence-electron chi connectivity index (χ2n) is 4.54. The van der Waals surface area contributed by atoms with Crippen LogP contribution in [0.4, 0.5) is 0 Å². The van der Waals surface area contributed by atoms with Crippen molar-refractivity contribution in [3.05, 3.63) is 29.8 Å². The first kappa shape index (κ1) is 16.0. The van der Waals surface area contributed by atoms with Crippen molar-refractivity contribution in [2.24, 2.45) is 0 Å². The van der Waals surface area contributed by atoms with E-state index in [-0.39, 0.29) is 18.5 Å². The lowest BCUT2D eigenvalue weighted by Crippen LogP contribution is -2.41. The summed E-state index contributed by atoms with van der Waals surface area (Å²) in [7, 11) is 0. The molecule has 0 aromatic heterocycles. The molecule has 1 aromatic rings. The largest absolute Gasteiger partial charge is 0.494 e. The molecule has 1 amide bonds. The fraction of sp³-hybridized carbons (Fsp3) is 0.467. The quantitative estimate of drug-likeness (QED) is 0.832. The van der Waals surface area contributed by atoms with Crippen molar-refractivity contribution in [1.29, 1.82) is 0 Å². The van der Waals surface area contributed by atoms with Crippen molar-refractivity contribution >= 4 is 11.9 Å². The fourth-order valence-electron chi connectivity index (χ4n) is 1.85. The molecule has 0 aliphatic rings. The van der Waals surface area contributed by atoms with Gasteiger partial charge in [-0.15, -0.1) is 0 Å². The topological polar surface area (TPSA) is 66.8 Å². The number of carboxylic acids is 1. The lowest BCUT2D eigenvalue weighted by molar-refractivity contribution is -0.138. The minimum atomic E-state index is -1.01. The zero-order valence-corrected chi connectivity index (χ0v) is 12.1. The number of hydrogen-bond donors (Lipinski definition) is 1. The first-order chi connectivity index (χ1) is 9.49. The van der Waals surface area contributed by atoms with Crippen LogP contribution >= 0.6 is 0 Å². The maximum atomic E-state index is 12.4. The molecule has 110 valence electrons. The Kier molecular flexibility index (Phi) is 6.03. The van der Waals surface area contributed by atoms with Gasteiger partial charge in [-0.3, -0.25) is 9.59 Å². The van der Waals surface area contributed by atoms with Gasteiger partial charge in [-0.2, -0.15) is 0 Å². The SMILES string of the molecule is CCOc1cccc(C(=O)N(CC(=O)O)C(C)CC)c1. The third-order valence-corrected chi connectivity index (χ3v) is 3.08. The van der Waals surface area contributed by atoms with Gasteiger partial charge < -0.3 is 14.7 Å². The number of benzene rings is 1. The predicted molar refractivity (Wildman–Crippen MR) is 76.0 cm³/mol. The fourth-order valence-corrected chi connectivity index (χ4v) is 1.85. The van der Waals surface area contributed by atoms with Crippen LogP contribution in [0, 0.1) is 0 Å². The average molecular weight is 279 g/mol. The van der Waals surface area contributed by atoms with Crippen LogP contribution in [0.2, 0.25) is 0 Å². The molecule has 0 saturated heterocycles. The Morgan fingerprint density at radius 3 is 2.60 bits per heavy atom. The van der Waals surface area contributed by atoms with Gasteiger partial charge in [-0.25, -0.2) is 0 Å². The van der Waals surface area contributed by atoms with E-state index in [9.17, 15) is 9.59 Å². The maximum Gasteiger partial charge on any atom is 0.323 e. The molecule has 0 aliphatic heterocycles. The van der Waals surface area contributed by atoms with Gasteiger partial charge in [0.1, 0.15) is 12.3 Å². The van der Waals surface area contributed by atoms with Crippen LogP contribution in [-0.2, 0) is 4.79 Å². The highest BCUT2D eigenvalue weighted by molar-refractivity contribution is 5.96. The van der Waals surface area contributed by atoms with Gasteiger partial charge >= 0.3 is 5.97 Å². The van der Waals surface area contributed by atoms with E-state index in [2.05, 4.69) is 0 Å². The van der Waals surface area contributed by atoms with Crippen LogP contribution in [0.5, 0.6) is 5.75 Å². The molecule has 0 bridgehead atoms. The van der Waals surface area contributed by atoms with Crippen LogP contribution in [-0.4, -0.2) is 41.1 Å². The van der Waals surface area contributed by atoms with Gasteiger partial charge in [0.2, 0.25) is 0 Å². The van der Waals surface area contributed by atoms with Gasteiger partial charge in [0.15, 0.2) is 0 Å². The van der Waals surface area contributed by atoms with Crippen LogP contribution in [0.1, 0.15) is 37.6 Å². The maximum absolute atomic E-state index is 12.4.